The third-order valence-electron chi connectivity index (χ3n) is 3.26. The summed E-state index contributed by atoms with van der Waals surface area (Å²) in [6.45, 7) is 13.1. The number of hydrogen-bond donors (Lipinski definition) is 2. The molecule has 6 heteroatoms. The molecule has 1 heterocycles. The first kappa shape index (κ1) is 16.2. The third kappa shape index (κ3) is 3.37. The van der Waals surface area contributed by atoms with E-state index < -0.39 is 0 Å². The van der Waals surface area contributed by atoms with E-state index in [4.69, 9.17) is 10.9 Å². The number of amidine groups is 1. The molecule has 3 N–H and O–H groups in total. The molecular weight excluding hydrogens is 254 g/mol. The van der Waals surface area contributed by atoms with Gasteiger partial charge in [0, 0.05) is 12.6 Å². The predicted octanol–water partition coefficient (Wildman–Crippen LogP) is 2.06. The largest absolute Gasteiger partial charge is 0.409 e. The quantitative estimate of drug-likeness (QED) is 0.373. The number of rotatable bonds is 5. The van der Waals surface area contributed by atoms with Gasteiger partial charge in [0.25, 0.3) is 0 Å². The average molecular weight is 279 g/mol. The van der Waals surface area contributed by atoms with E-state index in [0.717, 1.165) is 17.8 Å². The van der Waals surface area contributed by atoms with E-state index in [1.54, 1.807) is 0 Å². The summed E-state index contributed by atoms with van der Waals surface area (Å²) in [4.78, 5) is 2.14. The molecule has 0 aliphatic carbocycles. The van der Waals surface area contributed by atoms with Gasteiger partial charge in [0.05, 0.1) is 11.3 Å². The van der Waals surface area contributed by atoms with Gasteiger partial charge in [0.2, 0.25) is 0 Å². The molecule has 0 aliphatic heterocycles. The molecule has 0 amide bonds. The van der Waals surface area contributed by atoms with Gasteiger partial charge in [-0.15, -0.1) is 5.10 Å². The van der Waals surface area contributed by atoms with Crippen LogP contribution in [0.2, 0.25) is 0 Å². The molecule has 20 heavy (non-hydrogen) atoms. The summed E-state index contributed by atoms with van der Waals surface area (Å²) in [5, 5.41) is 20.6. The topological polar surface area (TPSA) is 87.6 Å². The fourth-order valence-electron chi connectivity index (χ4n) is 2.09. The van der Waals surface area contributed by atoms with Crippen molar-refractivity contribution in [2.75, 3.05) is 11.4 Å². The summed E-state index contributed by atoms with van der Waals surface area (Å²) >= 11 is 0. The van der Waals surface area contributed by atoms with Gasteiger partial charge < -0.3 is 15.8 Å². The molecule has 1 rings (SSSR count). The van der Waals surface area contributed by atoms with Crippen molar-refractivity contribution in [3.8, 4) is 0 Å². The van der Waals surface area contributed by atoms with E-state index in [1.807, 2.05) is 13.8 Å². The summed E-state index contributed by atoms with van der Waals surface area (Å²) < 4.78 is 0. The summed E-state index contributed by atoms with van der Waals surface area (Å²) in [5.41, 5.74) is 8.17. The lowest BCUT2D eigenvalue weighted by molar-refractivity contribution is 0.318. The van der Waals surface area contributed by atoms with Gasteiger partial charge in [0.15, 0.2) is 11.7 Å². The summed E-state index contributed by atoms with van der Waals surface area (Å²) in [6.07, 6.45) is 0. The highest BCUT2D eigenvalue weighted by Crippen LogP contribution is 2.24. The lowest BCUT2D eigenvalue weighted by Crippen LogP contribution is -2.37. The standard InChI is InChI=1S/C14H25N5O/c1-8(2)7-19(9(3)4)14-12(13(15)18-20)10(5)11(6)16-17-14/h8-9,20H,7H2,1-6H3,(H2,15,18). The monoisotopic (exact) mass is 279 g/mol. The minimum atomic E-state index is 0.0740. The number of oxime groups is 1. The van der Waals surface area contributed by atoms with Crippen molar-refractivity contribution in [2.45, 2.75) is 47.6 Å². The molecule has 0 saturated carbocycles. The lowest BCUT2D eigenvalue weighted by Gasteiger charge is -2.31. The summed E-state index contributed by atoms with van der Waals surface area (Å²) in [5.74, 6) is 1.22. The van der Waals surface area contributed by atoms with Gasteiger partial charge >= 0.3 is 0 Å². The Morgan fingerprint density at radius 3 is 2.30 bits per heavy atom. The Morgan fingerprint density at radius 2 is 1.85 bits per heavy atom. The maximum atomic E-state index is 9.03. The van der Waals surface area contributed by atoms with E-state index in [9.17, 15) is 0 Å². The zero-order valence-electron chi connectivity index (χ0n) is 13.2. The molecule has 0 aliphatic rings. The Bertz CT molecular complexity index is 497. The molecule has 0 aromatic carbocycles. The minimum Gasteiger partial charge on any atom is -0.409 e. The number of nitrogens with two attached hydrogens (primary N) is 1. The maximum Gasteiger partial charge on any atom is 0.174 e. The van der Waals surface area contributed by atoms with Crippen LogP contribution in [-0.4, -0.2) is 33.8 Å². The van der Waals surface area contributed by atoms with E-state index in [-0.39, 0.29) is 11.9 Å². The highest BCUT2D eigenvalue weighted by Gasteiger charge is 2.22. The van der Waals surface area contributed by atoms with Crippen LogP contribution in [-0.2, 0) is 0 Å². The van der Waals surface area contributed by atoms with Crippen LogP contribution in [0.25, 0.3) is 0 Å². The second-order valence-corrected chi connectivity index (χ2v) is 5.73. The Labute approximate surface area is 120 Å². The van der Waals surface area contributed by atoms with Crippen LogP contribution < -0.4 is 10.6 Å². The number of nitrogens with zero attached hydrogens (tertiary/aromatic N) is 4. The Morgan fingerprint density at radius 1 is 1.25 bits per heavy atom. The highest BCUT2D eigenvalue weighted by molar-refractivity contribution is 6.02. The minimum absolute atomic E-state index is 0.0740. The number of anilines is 1. The highest BCUT2D eigenvalue weighted by atomic mass is 16.4. The van der Waals surface area contributed by atoms with Crippen molar-refractivity contribution in [1.82, 2.24) is 10.2 Å². The van der Waals surface area contributed by atoms with Crippen LogP contribution in [0.15, 0.2) is 5.16 Å². The first-order valence-electron chi connectivity index (χ1n) is 6.88. The first-order chi connectivity index (χ1) is 9.29. The molecule has 6 nitrogen and oxygen atoms in total. The lowest BCUT2D eigenvalue weighted by atomic mass is 10.1. The normalized spacial score (nSPS) is 12.3. The van der Waals surface area contributed by atoms with Crippen molar-refractivity contribution >= 4 is 11.7 Å². The fourth-order valence-corrected chi connectivity index (χ4v) is 2.09. The fraction of sp³-hybridized carbons (Fsp3) is 0.643. The van der Waals surface area contributed by atoms with Crippen molar-refractivity contribution in [3.05, 3.63) is 16.8 Å². The van der Waals surface area contributed by atoms with Crippen LogP contribution in [0.5, 0.6) is 0 Å². The Balaban J connectivity index is 3.45. The van der Waals surface area contributed by atoms with E-state index in [1.165, 1.54) is 0 Å². The molecule has 0 spiro atoms. The Hall–Kier alpha value is -1.85. The molecular formula is C14H25N5O. The third-order valence-corrected chi connectivity index (χ3v) is 3.26. The SMILES string of the molecule is Cc1nnc(N(CC(C)C)C(C)C)c(C(N)=NO)c1C. The zero-order valence-corrected chi connectivity index (χ0v) is 13.2. The van der Waals surface area contributed by atoms with E-state index >= 15 is 0 Å². The molecule has 1 aromatic rings. The van der Waals surface area contributed by atoms with Crippen LogP contribution >= 0.6 is 0 Å². The number of hydrogen-bond acceptors (Lipinski definition) is 5. The van der Waals surface area contributed by atoms with Crippen molar-refractivity contribution < 1.29 is 5.21 Å². The van der Waals surface area contributed by atoms with Crippen LogP contribution in [0.4, 0.5) is 5.82 Å². The van der Waals surface area contributed by atoms with Crippen LogP contribution in [0.3, 0.4) is 0 Å². The van der Waals surface area contributed by atoms with Crippen molar-refractivity contribution in [3.63, 3.8) is 0 Å². The van der Waals surface area contributed by atoms with Crippen molar-refractivity contribution in [2.24, 2.45) is 16.8 Å². The molecule has 112 valence electrons. The van der Waals surface area contributed by atoms with Gasteiger partial charge in [-0.3, -0.25) is 0 Å². The van der Waals surface area contributed by atoms with Gasteiger partial charge in [-0.2, -0.15) is 5.10 Å². The van der Waals surface area contributed by atoms with Crippen LogP contribution in [0, 0.1) is 19.8 Å². The maximum absolute atomic E-state index is 9.03. The summed E-state index contributed by atoms with van der Waals surface area (Å²) in [6, 6.07) is 0.249. The first-order valence-corrected chi connectivity index (χ1v) is 6.88. The molecule has 0 unspecified atom stereocenters. The van der Waals surface area contributed by atoms with E-state index in [0.29, 0.717) is 17.3 Å². The zero-order chi connectivity index (χ0) is 15.4. The summed E-state index contributed by atoms with van der Waals surface area (Å²) in [7, 11) is 0. The van der Waals surface area contributed by atoms with Gasteiger partial charge in [-0.1, -0.05) is 19.0 Å². The molecule has 0 atom stereocenters. The number of aryl methyl sites for hydroxylation is 1. The molecule has 1 aromatic heterocycles. The van der Waals surface area contributed by atoms with Gasteiger partial charge in [-0.05, 0) is 39.2 Å². The number of aromatic nitrogens is 2. The molecule has 0 radical (unpaired) electrons. The van der Waals surface area contributed by atoms with Gasteiger partial charge in [0.1, 0.15) is 0 Å². The molecule has 0 saturated heterocycles. The molecule has 0 bridgehead atoms. The van der Waals surface area contributed by atoms with Crippen LogP contribution in [0.1, 0.15) is 44.5 Å². The predicted molar refractivity (Wildman–Crippen MR) is 81.3 cm³/mol. The van der Waals surface area contributed by atoms with Gasteiger partial charge in [-0.25, -0.2) is 0 Å². The van der Waals surface area contributed by atoms with Crippen molar-refractivity contribution in [1.29, 1.82) is 0 Å². The molecule has 0 fully saturated rings. The second kappa shape index (κ2) is 6.54. The smallest absolute Gasteiger partial charge is 0.174 e. The Kier molecular flexibility index (Phi) is 5.30. The average Bonchev–Trinajstić information content (AvgIpc) is 2.38. The van der Waals surface area contributed by atoms with E-state index in [2.05, 4.69) is 47.9 Å². The second-order valence-electron chi connectivity index (χ2n) is 5.73.